The van der Waals surface area contributed by atoms with Gasteiger partial charge in [0.05, 0.1) is 12.0 Å². The largest absolute Gasteiger partial charge is 0.247 e. The monoisotopic (exact) mass is 384 g/mol. The van der Waals surface area contributed by atoms with Crippen molar-refractivity contribution in [3.63, 3.8) is 0 Å². The van der Waals surface area contributed by atoms with Crippen molar-refractivity contribution < 1.29 is 8.42 Å². The van der Waals surface area contributed by atoms with Crippen molar-refractivity contribution >= 4 is 43.0 Å². The molecule has 21 heavy (non-hydrogen) atoms. The fraction of sp³-hybridized carbons (Fsp3) is 0.214. The fourth-order valence-electron chi connectivity index (χ4n) is 2.30. The molecule has 0 bridgehead atoms. The summed E-state index contributed by atoms with van der Waals surface area (Å²) in [6, 6.07) is 11.4. The van der Waals surface area contributed by atoms with Crippen LogP contribution in [-0.4, -0.2) is 24.8 Å². The SMILES string of the molecule is CS(=O)(=O)N1N=C(c2ccc(Br)cc2)C[C@@H]1c1cccs1. The van der Waals surface area contributed by atoms with E-state index in [-0.39, 0.29) is 6.04 Å². The van der Waals surface area contributed by atoms with Gasteiger partial charge in [-0.05, 0) is 29.1 Å². The van der Waals surface area contributed by atoms with Crippen LogP contribution >= 0.6 is 27.3 Å². The summed E-state index contributed by atoms with van der Waals surface area (Å²) >= 11 is 4.95. The maximum Gasteiger partial charge on any atom is 0.247 e. The van der Waals surface area contributed by atoms with Gasteiger partial charge in [-0.15, -0.1) is 11.3 Å². The summed E-state index contributed by atoms with van der Waals surface area (Å²) in [7, 11) is -3.38. The van der Waals surface area contributed by atoms with Crippen LogP contribution < -0.4 is 0 Å². The number of hydrogen-bond donors (Lipinski definition) is 0. The molecule has 0 aliphatic carbocycles. The van der Waals surface area contributed by atoms with E-state index in [1.54, 1.807) is 11.3 Å². The summed E-state index contributed by atoms with van der Waals surface area (Å²) in [5.74, 6) is 0. The molecule has 3 rings (SSSR count). The average molecular weight is 385 g/mol. The highest BCUT2D eigenvalue weighted by Crippen LogP contribution is 2.36. The smallest absolute Gasteiger partial charge is 0.205 e. The van der Waals surface area contributed by atoms with Crippen molar-refractivity contribution in [1.82, 2.24) is 4.41 Å². The van der Waals surface area contributed by atoms with Gasteiger partial charge in [0.15, 0.2) is 0 Å². The van der Waals surface area contributed by atoms with Gasteiger partial charge in [0, 0.05) is 15.8 Å². The van der Waals surface area contributed by atoms with E-state index in [9.17, 15) is 8.42 Å². The Bertz CT molecular complexity index is 768. The molecule has 0 unspecified atom stereocenters. The Hall–Kier alpha value is -1.18. The number of halogens is 1. The number of nitrogens with zero attached hydrogens (tertiary/aromatic N) is 2. The van der Waals surface area contributed by atoms with Crippen LogP contribution in [0.3, 0.4) is 0 Å². The molecule has 0 spiro atoms. The minimum Gasteiger partial charge on any atom is -0.205 e. The Labute approximate surface area is 136 Å². The van der Waals surface area contributed by atoms with Crippen molar-refractivity contribution in [3.05, 3.63) is 56.7 Å². The maximum absolute atomic E-state index is 12.0. The second kappa shape index (κ2) is 5.55. The van der Waals surface area contributed by atoms with Crippen molar-refractivity contribution in [2.45, 2.75) is 12.5 Å². The Morgan fingerprint density at radius 1 is 1.29 bits per heavy atom. The highest BCUT2D eigenvalue weighted by atomic mass is 79.9. The molecule has 0 amide bonds. The van der Waals surface area contributed by atoms with Crippen LogP contribution in [0.5, 0.6) is 0 Å². The molecule has 0 N–H and O–H groups in total. The molecule has 110 valence electrons. The molecule has 1 atom stereocenters. The molecular formula is C14H13BrN2O2S2. The van der Waals surface area contributed by atoms with Gasteiger partial charge >= 0.3 is 0 Å². The van der Waals surface area contributed by atoms with Crippen LogP contribution in [0.25, 0.3) is 0 Å². The summed E-state index contributed by atoms with van der Waals surface area (Å²) in [4.78, 5) is 1.01. The molecule has 0 saturated carbocycles. The third-order valence-corrected chi connectivity index (χ3v) is 5.78. The first-order valence-electron chi connectivity index (χ1n) is 6.31. The highest BCUT2D eigenvalue weighted by molar-refractivity contribution is 9.10. The zero-order valence-electron chi connectivity index (χ0n) is 11.2. The Morgan fingerprint density at radius 2 is 2.00 bits per heavy atom. The van der Waals surface area contributed by atoms with Crippen molar-refractivity contribution in [2.75, 3.05) is 6.26 Å². The van der Waals surface area contributed by atoms with Gasteiger partial charge in [-0.25, -0.2) is 8.42 Å². The predicted molar refractivity (Wildman–Crippen MR) is 89.0 cm³/mol. The van der Waals surface area contributed by atoms with Gasteiger partial charge in [0.25, 0.3) is 0 Å². The molecular weight excluding hydrogens is 372 g/mol. The fourth-order valence-corrected chi connectivity index (χ4v) is 4.34. The molecule has 0 fully saturated rings. The van der Waals surface area contributed by atoms with E-state index >= 15 is 0 Å². The van der Waals surface area contributed by atoms with Crippen LogP contribution in [0.15, 0.2) is 51.4 Å². The number of rotatable bonds is 3. The molecule has 1 aromatic carbocycles. The van der Waals surface area contributed by atoms with Crippen LogP contribution in [0.2, 0.25) is 0 Å². The lowest BCUT2D eigenvalue weighted by Gasteiger charge is -2.19. The van der Waals surface area contributed by atoms with E-state index in [0.29, 0.717) is 6.42 Å². The Morgan fingerprint density at radius 3 is 2.57 bits per heavy atom. The molecule has 1 aliphatic rings. The van der Waals surface area contributed by atoms with E-state index in [4.69, 9.17) is 0 Å². The molecule has 2 aromatic rings. The van der Waals surface area contributed by atoms with Gasteiger partial charge in [-0.2, -0.15) is 9.52 Å². The summed E-state index contributed by atoms with van der Waals surface area (Å²) in [5.41, 5.74) is 1.75. The number of hydrazone groups is 1. The first kappa shape index (κ1) is 14.7. The van der Waals surface area contributed by atoms with E-state index in [2.05, 4.69) is 21.0 Å². The predicted octanol–water partition coefficient (Wildman–Crippen LogP) is 3.62. The summed E-state index contributed by atoms with van der Waals surface area (Å²) in [6.45, 7) is 0. The summed E-state index contributed by atoms with van der Waals surface area (Å²) in [6.07, 6.45) is 1.79. The Balaban J connectivity index is 1.99. The zero-order chi connectivity index (χ0) is 15.0. The summed E-state index contributed by atoms with van der Waals surface area (Å²) in [5, 5.41) is 6.30. The first-order chi connectivity index (χ1) is 9.95. The summed E-state index contributed by atoms with van der Waals surface area (Å²) < 4.78 is 26.2. The normalized spacial score (nSPS) is 18.9. The van der Waals surface area contributed by atoms with E-state index in [1.165, 1.54) is 10.7 Å². The molecule has 7 heteroatoms. The van der Waals surface area contributed by atoms with Gasteiger partial charge < -0.3 is 0 Å². The molecule has 1 aliphatic heterocycles. The molecule has 4 nitrogen and oxygen atoms in total. The molecule has 2 heterocycles. The maximum atomic E-state index is 12.0. The van der Waals surface area contributed by atoms with Gasteiger partial charge in [-0.3, -0.25) is 0 Å². The van der Waals surface area contributed by atoms with Crippen LogP contribution in [0.4, 0.5) is 0 Å². The minimum atomic E-state index is -3.38. The minimum absolute atomic E-state index is 0.237. The molecule has 1 aromatic heterocycles. The number of thiophene rings is 1. The molecule has 0 radical (unpaired) electrons. The van der Waals surface area contributed by atoms with Crippen LogP contribution in [0, 0.1) is 0 Å². The zero-order valence-corrected chi connectivity index (χ0v) is 14.5. The van der Waals surface area contributed by atoms with Gasteiger partial charge in [0.1, 0.15) is 6.04 Å². The second-order valence-electron chi connectivity index (χ2n) is 4.82. The third kappa shape index (κ3) is 3.04. The van der Waals surface area contributed by atoms with Crippen LogP contribution in [0.1, 0.15) is 22.9 Å². The lowest BCUT2D eigenvalue weighted by Crippen LogP contribution is -2.25. The number of hydrogen-bond acceptors (Lipinski definition) is 4. The van der Waals surface area contributed by atoms with Crippen molar-refractivity contribution in [2.24, 2.45) is 5.10 Å². The highest BCUT2D eigenvalue weighted by Gasteiger charge is 2.34. The van der Waals surface area contributed by atoms with E-state index in [1.807, 2.05) is 41.8 Å². The van der Waals surface area contributed by atoms with Gasteiger partial charge in [0.2, 0.25) is 10.0 Å². The van der Waals surface area contributed by atoms with Crippen molar-refractivity contribution in [1.29, 1.82) is 0 Å². The standard InChI is InChI=1S/C14H13BrN2O2S2/c1-21(18,19)17-13(14-3-2-8-20-14)9-12(16-17)10-4-6-11(15)7-5-10/h2-8,13H,9H2,1H3/t13-/m1/s1. The first-order valence-corrected chi connectivity index (χ1v) is 9.83. The average Bonchev–Trinajstić information content (AvgIpc) is 3.07. The Kier molecular flexibility index (Phi) is 3.90. The van der Waals surface area contributed by atoms with Gasteiger partial charge in [-0.1, -0.05) is 34.1 Å². The lowest BCUT2D eigenvalue weighted by atomic mass is 10.0. The topological polar surface area (TPSA) is 49.7 Å². The number of sulfonamides is 1. The number of benzene rings is 1. The van der Waals surface area contributed by atoms with Crippen LogP contribution in [-0.2, 0) is 10.0 Å². The van der Waals surface area contributed by atoms with E-state index in [0.717, 1.165) is 20.6 Å². The quantitative estimate of drug-likeness (QED) is 0.810. The third-order valence-electron chi connectivity index (χ3n) is 3.26. The van der Waals surface area contributed by atoms with E-state index < -0.39 is 10.0 Å². The second-order valence-corrected chi connectivity index (χ2v) is 8.56. The lowest BCUT2D eigenvalue weighted by molar-refractivity contribution is 0.379. The van der Waals surface area contributed by atoms with Crippen molar-refractivity contribution in [3.8, 4) is 0 Å². The molecule has 0 saturated heterocycles.